The minimum absolute atomic E-state index is 0.0137. The first-order valence-electron chi connectivity index (χ1n) is 8.34. The fourth-order valence-electron chi connectivity index (χ4n) is 4.01. The number of pyridine rings is 1. The summed E-state index contributed by atoms with van der Waals surface area (Å²) in [5.41, 5.74) is 8.57. The minimum Gasteiger partial charge on any atom is -0.282 e. The first-order valence-corrected chi connectivity index (χ1v) is 8.72. The summed E-state index contributed by atoms with van der Waals surface area (Å²) in [5.74, 6) is 0.282. The molecule has 1 fully saturated rings. The lowest BCUT2D eigenvalue weighted by Crippen LogP contribution is -2.34. The maximum Gasteiger partial charge on any atom is 0.242 e. The van der Waals surface area contributed by atoms with Crippen LogP contribution in [0.15, 0.2) is 36.4 Å². The third-order valence-electron chi connectivity index (χ3n) is 5.25. The highest BCUT2D eigenvalue weighted by atomic mass is 35.5. The van der Waals surface area contributed by atoms with E-state index in [1.807, 2.05) is 6.07 Å². The van der Waals surface area contributed by atoms with Gasteiger partial charge in [0.2, 0.25) is 5.91 Å². The van der Waals surface area contributed by atoms with Crippen molar-refractivity contribution in [3.8, 4) is 6.07 Å². The number of nitriles is 1. The SMILES string of the molecule is N#Cc1cc(Cl)nc(NNC(=O)[C@H]2C[C@@]23CCCc2ccccc23)c1. The van der Waals surface area contributed by atoms with E-state index in [9.17, 15) is 4.79 Å². The Balaban J connectivity index is 1.46. The number of aryl methyl sites for hydroxylation is 1. The standard InChI is InChI=1S/C19H17ClN4O/c20-16-8-12(11-21)9-17(22-16)23-24-18(25)15-10-19(15)7-3-5-13-4-1-2-6-14(13)19/h1-2,4,6,8-9,15H,3,5,7,10H2,(H,22,23)(H,24,25)/t15-,19-/m1/s1. The molecule has 2 N–H and O–H groups in total. The molecule has 1 amide bonds. The predicted molar refractivity (Wildman–Crippen MR) is 94.9 cm³/mol. The van der Waals surface area contributed by atoms with Gasteiger partial charge in [-0.3, -0.25) is 15.6 Å². The van der Waals surface area contributed by atoms with E-state index in [2.05, 4.69) is 40.1 Å². The van der Waals surface area contributed by atoms with Crippen molar-refractivity contribution in [1.29, 1.82) is 5.26 Å². The maximum atomic E-state index is 12.6. The Labute approximate surface area is 151 Å². The maximum absolute atomic E-state index is 12.6. The molecule has 4 rings (SSSR count). The molecular formula is C19H17ClN4O. The van der Waals surface area contributed by atoms with Gasteiger partial charge in [0.1, 0.15) is 11.0 Å². The van der Waals surface area contributed by atoms with Crippen molar-refractivity contribution < 1.29 is 4.79 Å². The van der Waals surface area contributed by atoms with Crippen LogP contribution < -0.4 is 10.9 Å². The zero-order valence-corrected chi connectivity index (χ0v) is 14.3. The van der Waals surface area contributed by atoms with Crippen molar-refractivity contribution in [2.45, 2.75) is 31.1 Å². The highest BCUT2D eigenvalue weighted by Crippen LogP contribution is 2.60. The highest BCUT2D eigenvalue weighted by molar-refractivity contribution is 6.29. The van der Waals surface area contributed by atoms with Crippen LogP contribution in [0.2, 0.25) is 5.15 Å². The van der Waals surface area contributed by atoms with Crippen LogP contribution in [0.1, 0.15) is 36.0 Å². The summed E-state index contributed by atoms with van der Waals surface area (Å²) in [6.45, 7) is 0. The van der Waals surface area contributed by atoms with Crippen LogP contribution in [0.3, 0.4) is 0 Å². The molecule has 1 heterocycles. The zero-order valence-electron chi connectivity index (χ0n) is 13.6. The van der Waals surface area contributed by atoms with Crippen LogP contribution in [0.4, 0.5) is 5.82 Å². The number of benzene rings is 1. The van der Waals surface area contributed by atoms with E-state index >= 15 is 0 Å². The summed E-state index contributed by atoms with van der Waals surface area (Å²) in [5, 5.41) is 9.18. The summed E-state index contributed by atoms with van der Waals surface area (Å²) >= 11 is 5.88. The molecule has 1 saturated carbocycles. The molecular weight excluding hydrogens is 336 g/mol. The number of nitrogens with one attached hydrogen (secondary N) is 2. The second kappa shape index (κ2) is 6.05. The molecule has 126 valence electrons. The largest absolute Gasteiger partial charge is 0.282 e. The summed E-state index contributed by atoms with van der Waals surface area (Å²) in [6, 6.07) is 13.5. The van der Waals surface area contributed by atoms with Gasteiger partial charge in [-0.1, -0.05) is 35.9 Å². The zero-order chi connectivity index (χ0) is 17.4. The van der Waals surface area contributed by atoms with E-state index < -0.39 is 0 Å². The van der Waals surface area contributed by atoms with Crippen molar-refractivity contribution in [3.05, 3.63) is 58.2 Å². The van der Waals surface area contributed by atoms with Crippen LogP contribution in [0.5, 0.6) is 0 Å². The quantitative estimate of drug-likeness (QED) is 0.656. The van der Waals surface area contributed by atoms with E-state index in [4.69, 9.17) is 16.9 Å². The van der Waals surface area contributed by atoms with Crippen LogP contribution >= 0.6 is 11.6 Å². The van der Waals surface area contributed by atoms with E-state index in [1.165, 1.54) is 17.2 Å². The van der Waals surface area contributed by atoms with Crippen LogP contribution in [-0.2, 0) is 16.6 Å². The van der Waals surface area contributed by atoms with Crippen molar-refractivity contribution in [2.24, 2.45) is 5.92 Å². The predicted octanol–water partition coefficient (Wildman–Crippen LogP) is 3.34. The molecule has 0 unspecified atom stereocenters. The van der Waals surface area contributed by atoms with Gasteiger partial charge in [-0.05, 0) is 42.9 Å². The molecule has 2 atom stereocenters. The van der Waals surface area contributed by atoms with Crippen LogP contribution in [-0.4, -0.2) is 10.9 Å². The Kier molecular flexibility index (Phi) is 3.85. The Morgan fingerprint density at radius 3 is 3.04 bits per heavy atom. The molecule has 0 radical (unpaired) electrons. The topological polar surface area (TPSA) is 77.8 Å². The van der Waals surface area contributed by atoms with Gasteiger partial charge in [0.15, 0.2) is 0 Å². The third-order valence-corrected chi connectivity index (χ3v) is 5.45. The van der Waals surface area contributed by atoms with Gasteiger partial charge in [-0.25, -0.2) is 4.98 Å². The third kappa shape index (κ3) is 2.83. The summed E-state index contributed by atoms with van der Waals surface area (Å²) in [6.07, 6.45) is 4.14. The van der Waals surface area contributed by atoms with Gasteiger partial charge in [0, 0.05) is 11.5 Å². The van der Waals surface area contributed by atoms with Crippen molar-refractivity contribution in [1.82, 2.24) is 10.4 Å². The van der Waals surface area contributed by atoms with E-state index in [1.54, 1.807) is 6.07 Å². The Bertz CT molecular complexity index is 891. The Morgan fingerprint density at radius 1 is 1.36 bits per heavy atom. The van der Waals surface area contributed by atoms with Crippen LogP contribution in [0, 0.1) is 17.2 Å². The molecule has 1 spiro atoms. The molecule has 1 aromatic heterocycles. The lowest BCUT2D eigenvalue weighted by atomic mass is 9.78. The number of halogens is 1. The number of hydrazine groups is 1. The number of hydrogen-bond donors (Lipinski definition) is 2. The number of nitrogens with zero attached hydrogens (tertiary/aromatic N) is 2. The summed E-state index contributed by atoms with van der Waals surface area (Å²) in [7, 11) is 0. The number of amides is 1. The van der Waals surface area contributed by atoms with Crippen molar-refractivity contribution in [2.75, 3.05) is 5.43 Å². The molecule has 1 aromatic carbocycles. The smallest absolute Gasteiger partial charge is 0.242 e. The van der Waals surface area contributed by atoms with E-state index in [0.29, 0.717) is 11.4 Å². The molecule has 5 nitrogen and oxygen atoms in total. The number of fused-ring (bicyclic) bond motifs is 2. The summed E-state index contributed by atoms with van der Waals surface area (Å²) in [4.78, 5) is 16.7. The van der Waals surface area contributed by atoms with Crippen molar-refractivity contribution >= 4 is 23.3 Å². The molecule has 25 heavy (non-hydrogen) atoms. The monoisotopic (exact) mass is 352 g/mol. The molecule has 2 aliphatic carbocycles. The fourth-order valence-corrected chi connectivity index (χ4v) is 4.22. The van der Waals surface area contributed by atoms with Gasteiger partial charge in [0.25, 0.3) is 0 Å². The Hall–Kier alpha value is -2.58. The van der Waals surface area contributed by atoms with Gasteiger partial charge < -0.3 is 0 Å². The van der Waals surface area contributed by atoms with E-state index in [0.717, 1.165) is 25.7 Å². The average Bonchev–Trinajstić information content (AvgIpc) is 3.34. The van der Waals surface area contributed by atoms with Gasteiger partial charge in [0.05, 0.1) is 17.6 Å². The lowest BCUT2D eigenvalue weighted by Gasteiger charge is -2.26. The molecule has 0 bridgehead atoms. The second-order valence-corrected chi connectivity index (χ2v) is 7.10. The average molecular weight is 353 g/mol. The second-order valence-electron chi connectivity index (χ2n) is 6.71. The summed E-state index contributed by atoms with van der Waals surface area (Å²) < 4.78 is 0. The number of rotatable bonds is 3. The highest BCUT2D eigenvalue weighted by Gasteiger charge is 2.60. The van der Waals surface area contributed by atoms with Gasteiger partial charge in [-0.2, -0.15) is 5.26 Å². The number of aromatic nitrogens is 1. The van der Waals surface area contributed by atoms with Crippen molar-refractivity contribution in [3.63, 3.8) is 0 Å². The van der Waals surface area contributed by atoms with Gasteiger partial charge in [-0.15, -0.1) is 0 Å². The molecule has 2 aromatic rings. The van der Waals surface area contributed by atoms with Gasteiger partial charge >= 0.3 is 0 Å². The molecule has 6 heteroatoms. The number of hydrogen-bond acceptors (Lipinski definition) is 4. The van der Waals surface area contributed by atoms with E-state index in [-0.39, 0.29) is 22.4 Å². The minimum atomic E-state index is -0.0445. The Morgan fingerprint density at radius 2 is 2.20 bits per heavy atom. The number of carbonyl (C=O) groups excluding carboxylic acids is 1. The molecule has 0 saturated heterocycles. The van der Waals surface area contributed by atoms with Crippen LogP contribution in [0.25, 0.3) is 0 Å². The fraction of sp³-hybridized carbons (Fsp3) is 0.316. The normalized spacial score (nSPS) is 23.4. The molecule has 2 aliphatic rings. The lowest BCUT2D eigenvalue weighted by molar-refractivity contribution is -0.122. The molecule has 0 aliphatic heterocycles. The number of anilines is 1. The number of carbonyl (C=O) groups is 1. The first-order chi connectivity index (χ1) is 12.1. The first kappa shape index (κ1) is 15.9.